The molecule has 0 radical (unpaired) electrons. The highest BCUT2D eigenvalue weighted by Crippen LogP contribution is 2.49. The minimum absolute atomic E-state index is 0.0293. The Bertz CT molecular complexity index is 5820. The van der Waals surface area contributed by atoms with E-state index >= 15 is 13.2 Å². The number of benzene rings is 12. The normalized spacial score (nSPS) is 11.7. The molecule has 94 heavy (non-hydrogen) atoms. The smallest absolute Gasteiger partial charge is 0.309 e. The van der Waals surface area contributed by atoms with E-state index in [1.165, 1.54) is 0 Å². The number of nitrogens with zero attached hydrogens (tertiary/aromatic N) is 7. The lowest BCUT2D eigenvalue weighted by atomic mass is 9.96. The molecule has 0 unspecified atom stereocenters. The van der Waals surface area contributed by atoms with Gasteiger partial charge in [-0.05, 0) is 196 Å². The van der Waals surface area contributed by atoms with Gasteiger partial charge in [0.25, 0.3) is 0 Å². The number of alkyl halides is 3. The molecule has 0 aliphatic rings. The molecule has 0 fully saturated rings. The first-order chi connectivity index (χ1) is 45.4. The summed E-state index contributed by atoms with van der Waals surface area (Å²) in [6, 6.07) is 79.2. The van der Waals surface area contributed by atoms with E-state index in [4.69, 9.17) is 0 Å². The lowest BCUT2D eigenvalue weighted by molar-refractivity contribution is -0.137. The number of nitriles is 3. The third-order valence-corrected chi connectivity index (χ3v) is 18.6. The Hall–Kier alpha value is -11.9. The van der Waals surface area contributed by atoms with E-state index in [0.29, 0.717) is 49.9 Å². The second-order valence-electron chi connectivity index (χ2n) is 25.2. The van der Waals surface area contributed by atoms with E-state index in [0.717, 1.165) is 132 Å². The van der Waals surface area contributed by atoms with Crippen molar-refractivity contribution in [2.24, 2.45) is 0 Å². The average Bonchev–Trinajstić information content (AvgIpc) is 1.52. The summed E-state index contributed by atoms with van der Waals surface area (Å²) in [5, 5.41) is 38.9. The maximum atomic E-state index is 16.2. The Balaban J connectivity index is 0.000000155. The summed E-state index contributed by atoms with van der Waals surface area (Å²) >= 11 is 0. The molecule has 0 atom stereocenters. The molecule has 10 heteroatoms. The molecule has 0 aliphatic heterocycles. The van der Waals surface area contributed by atoms with E-state index in [-0.39, 0.29) is 11.4 Å². The Morgan fingerprint density at radius 3 is 0.862 bits per heavy atom. The molecule has 4 heterocycles. The van der Waals surface area contributed by atoms with Crippen LogP contribution in [-0.2, 0) is 6.18 Å². The molecule has 452 valence electrons. The molecule has 0 spiro atoms. The van der Waals surface area contributed by atoms with Crippen LogP contribution in [0.4, 0.5) is 13.2 Å². The largest absolute Gasteiger partial charge is 0.420 e. The first-order valence-electron chi connectivity index (χ1n) is 31.3. The maximum absolute atomic E-state index is 16.2. The predicted octanol–water partition coefficient (Wildman–Crippen LogP) is 22.2. The van der Waals surface area contributed by atoms with Gasteiger partial charge in [0, 0.05) is 54.2 Å². The van der Waals surface area contributed by atoms with Crippen molar-refractivity contribution in [3.63, 3.8) is 0 Å². The molecule has 0 bridgehead atoms. The topological polar surface area (TPSA) is 91.1 Å². The second-order valence-corrected chi connectivity index (χ2v) is 25.2. The van der Waals surface area contributed by atoms with Gasteiger partial charge in [-0.1, -0.05) is 133 Å². The van der Waals surface area contributed by atoms with Gasteiger partial charge >= 0.3 is 6.18 Å². The zero-order valence-electron chi connectivity index (χ0n) is 53.0. The summed E-state index contributed by atoms with van der Waals surface area (Å²) in [6.07, 6.45) is -4.76. The van der Waals surface area contributed by atoms with Crippen LogP contribution in [-0.4, -0.2) is 18.3 Å². The number of hydrogen-bond acceptors (Lipinski definition) is 3. The van der Waals surface area contributed by atoms with Crippen LogP contribution in [0.15, 0.2) is 218 Å². The fourth-order valence-corrected chi connectivity index (χ4v) is 14.3. The van der Waals surface area contributed by atoms with Crippen LogP contribution in [0.2, 0.25) is 0 Å². The predicted molar refractivity (Wildman–Crippen MR) is 378 cm³/mol. The van der Waals surface area contributed by atoms with Crippen molar-refractivity contribution in [3.05, 3.63) is 285 Å². The maximum Gasteiger partial charge on any atom is 0.420 e. The fourth-order valence-electron chi connectivity index (χ4n) is 14.3. The molecule has 0 N–H and O–H groups in total. The number of hydrogen-bond donors (Lipinski definition) is 0. The van der Waals surface area contributed by atoms with E-state index < -0.39 is 11.7 Å². The molecule has 0 amide bonds. The Morgan fingerprint density at radius 1 is 0.287 bits per heavy atom. The molecule has 0 saturated carbocycles. The Labute approximate surface area is 541 Å². The van der Waals surface area contributed by atoms with Crippen LogP contribution in [0.5, 0.6) is 0 Å². The van der Waals surface area contributed by atoms with Gasteiger partial charge in [0.2, 0.25) is 0 Å². The summed E-state index contributed by atoms with van der Waals surface area (Å²) in [7, 11) is 0. The quantitative estimate of drug-likeness (QED) is 0.166. The van der Waals surface area contributed by atoms with E-state index in [1.807, 2.05) is 125 Å². The average molecular weight is 1220 g/mol. The number of fused-ring (bicyclic) bond motifs is 12. The fraction of sp³-hybridized carbons (Fsp3) is 0.107. The highest BCUT2D eigenvalue weighted by atomic mass is 19.4. The van der Waals surface area contributed by atoms with Gasteiger partial charge in [0.15, 0.2) is 0 Å². The number of halogens is 3. The van der Waals surface area contributed by atoms with Gasteiger partial charge in [-0.25, -0.2) is 0 Å². The van der Waals surface area contributed by atoms with Gasteiger partial charge < -0.3 is 18.3 Å². The number of rotatable bonds is 6. The van der Waals surface area contributed by atoms with Crippen molar-refractivity contribution in [2.75, 3.05) is 0 Å². The van der Waals surface area contributed by atoms with Crippen LogP contribution in [0.1, 0.15) is 66.8 Å². The van der Waals surface area contributed by atoms with Gasteiger partial charge in [0.1, 0.15) is 17.2 Å². The zero-order chi connectivity index (χ0) is 65.2. The van der Waals surface area contributed by atoms with Crippen molar-refractivity contribution in [3.8, 4) is 63.2 Å². The highest BCUT2D eigenvalue weighted by molar-refractivity contribution is 6.14. The van der Waals surface area contributed by atoms with Crippen LogP contribution in [0, 0.1) is 89.4 Å². The van der Waals surface area contributed by atoms with Crippen LogP contribution in [0.3, 0.4) is 0 Å². The SMILES string of the molecule is Cc1ccc2c3ccc(C)cc3n(-c3ccc(-c4cccc(C#N)c4)c(-n4c5cc(C)ccc5c5ccc(C)cc54)c3C#N)c2c1.Cc1ccc2c3ccc(C)cc3n(-c3ccc(-c4cccc(C#N)c4)c(-n4c5cc(C)ccc5c5ccc(C)cc54)c3C(F)(F)F)c2c1. The molecule has 16 aromatic rings. The lowest BCUT2D eigenvalue weighted by Crippen LogP contribution is -2.17. The Kier molecular flexibility index (Phi) is 13.8. The van der Waals surface area contributed by atoms with Crippen molar-refractivity contribution < 1.29 is 13.2 Å². The third kappa shape index (κ3) is 9.47. The third-order valence-electron chi connectivity index (χ3n) is 18.6. The zero-order valence-corrected chi connectivity index (χ0v) is 53.0. The molecule has 0 aliphatic carbocycles. The molecule has 0 saturated heterocycles. The first-order valence-corrected chi connectivity index (χ1v) is 31.3. The van der Waals surface area contributed by atoms with Crippen LogP contribution in [0.25, 0.3) is 132 Å². The first kappa shape index (κ1) is 58.5. The molecular weight excluding hydrogens is 1160 g/mol. The number of aromatic nitrogens is 4. The summed E-state index contributed by atoms with van der Waals surface area (Å²) in [5.74, 6) is 0. The monoisotopic (exact) mass is 1220 g/mol. The van der Waals surface area contributed by atoms with Gasteiger partial charge in [-0.2, -0.15) is 29.0 Å². The highest BCUT2D eigenvalue weighted by Gasteiger charge is 2.41. The van der Waals surface area contributed by atoms with E-state index in [2.05, 4.69) is 140 Å². The van der Waals surface area contributed by atoms with Crippen molar-refractivity contribution in [1.29, 1.82) is 15.8 Å². The summed E-state index contributed by atoms with van der Waals surface area (Å²) in [4.78, 5) is 0. The van der Waals surface area contributed by atoms with Gasteiger partial charge in [-0.15, -0.1) is 0 Å². The van der Waals surface area contributed by atoms with E-state index in [9.17, 15) is 15.8 Å². The summed E-state index contributed by atoms with van der Waals surface area (Å²) < 4.78 is 56.6. The van der Waals surface area contributed by atoms with Crippen molar-refractivity contribution in [1.82, 2.24) is 18.3 Å². The van der Waals surface area contributed by atoms with Crippen LogP contribution < -0.4 is 0 Å². The molecule has 12 aromatic carbocycles. The molecule has 7 nitrogen and oxygen atoms in total. The Morgan fingerprint density at radius 2 is 0.564 bits per heavy atom. The minimum atomic E-state index is -4.76. The van der Waals surface area contributed by atoms with E-state index in [1.54, 1.807) is 45.5 Å². The minimum Gasteiger partial charge on any atom is -0.309 e. The molecule has 16 rings (SSSR count). The summed E-state index contributed by atoms with van der Waals surface area (Å²) in [5.41, 5.74) is 20.6. The van der Waals surface area contributed by atoms with Gasteiger partial charge in [-0.3, -0.25) is 0 Å². The standard InChI is InChI=1S/C42H30F3N3.C42H30N4/c1-24-8-12-31-32-13-9-25(2)19-37(32)47(36(31)18-24)35-17-16-30(29-7-5-6-28(22-29)23-46)41(40(35)42(43,44)45)48-38-20-26(3)10-14-33(38)34-15-11-27(4)21-39(34)48;1-25-8-12-32-33-13-9-26(2)19-39(33)45(38(32)18-25)37-17-16-31(30-7-5-6-29(22-30)23-43)42(36(37)24-44)46-40-20-27(3)10-14-34(40)35-15-11-28(4)21-41(35)46/h5-22H,1-4H3;5-22H,1-4H3. The molecule has 4 aromatic heterocycles. The lowest BCUT2D eigenvalue weighted by Gasteiger charge is -2.24. The summed E-state index contributed by atoms with van der Waals surface area (Å²) in [6.45, 7) is 16.2. The molecular formula is C84H60F3N7. The van der Waals surface area contributed by atoms with Gasteiger partial charge in [0.05, 0.1) is 90.1 Å². The van der Waals surface area contributed by atoms with Crippen LogP contribution >= 0.6 is 0 Å². The number of aryl methyl sites for hydroxylation is 8. The second kappa shape index (κ2) is 22.2. The van der Waals surface area contributed by atoms with Crippen molar-refractivity contribution in [2.45, 2.75) is 61.6 Å². The van der Waals surface area contributed by atoms with Crippen molar-refractivity contribution >= 4 is 87.2 Å².